The smallest absolute Gasteiger partial charge is 0.308 e. The molecule has 114 valence electrons. The third kappa shape index (κ3) is 3.64. The van der Waals surface area contributed by atoms with Gasteiger partial charge in [0.25, 0.3) is 0 Å². The molecule has 0 spiro atoms. The van der Waals surface area contributed by atoms with Crippen molar-refractivity contribution >= 4 is 0 Å². The normalized spacial score (nSPS) is 11.9. The van der Waals surface area contributed by atoms with Crippen molar-refractivity contribution in [3.8, 4) is 0 Å². The molecular formula is C15H18F3N3. The van der Waals surface area contributed by atoms with E-state index in [0.29, 0.717) is 6.54 Å². The molecule has 0 aliphatic heterocycles. The number of alkyl halides is 3. The van der Waals surface area contributed by atoms with E-state index in [0.717, 1.165) is 23.9 Å². The van der Waals surface area contributed by atoms with Crippen LogP contribution in [0.5, 0.6) is 0 Å². The lowest BCUT2D eigenvalue weighted by Crippen LogP contribution is -2.17. The molecule has 0 saturated heterocycles. The van der Waals surface area contributed by atoms with E-state index >= 15 is 0 Å². The summed E-state index contributed by atoms with van der Waals surface area (Å²) >= 11 is 0. The van der Waals surface area contributed by atoms with Crippen molar-refractivity contribution in [2.45, 2.75) is 39.7 Å². The molecule has 0 saturated carbocycles. The second-order valence-corrected chi connectivity index (χ2v) is 4.83. The van der Waals surface area contributed by atoms with Gasteiger partial charge in [-0.2, -0.15) is 18.3 Å². The van der Waals surface area contributed by atoms with Gasteiger partial charge in [-0.1, -0.05) is 18.2 Å². The van der Waals surface area contributed by atoms with Gasteiger partial charge in [-0.3, -0.25) is 4.68 Å². The summed E-state index contributed by atoms with van der Waals surface area (Å²) in [6, 6.07) is 5.63. The first-order chi connectivity index (χ1) is 9.93. The van der Waals surface area contributed by atoms with Crippen molar-refractivity contribution in [1.29, 1.82) is 0 Å². The van der Waals surface area contributed by atoms with Crippen molar-refractivity contribution in [3.63, 3.8) is 0 Å². The highest BCUT2D eigenvalue weighted by atomic mass is 19.4. The summed E-state index contributed by atoms with van der Waals surface area (Å²) in [5.41, 5.74) is 1.71. The maximum absolute atomic E-state index is 12.9. The number of hydrogen-bond acceptors (Lipinski definition) is 2. The maximum atomic E-state index is 12.9. The summed E-state index contributed by atoms with van der Waals surface area (Å²) in [5, 5.41) is 7.27. The van der Waals surface area contributed by atoms with E-state index in [9.17, 15) is 13.2 Å². The first-order valence-electron chi connectivity index (χ1n) is 6.80. The molecule has 0 atom stereocenters. The monoisotopic (exact) mass is 297 g/mol. The first kappa shape index (κ1) is 15.6. The van der Waals surface area contributed by atoms with Gasteiger partial charge in [0, 0.05) is 30.9 Å². The van der Waals surface area contributed by atoms with Crippen LogP contribution < -0.4 is 5.32 Å². The van der Waals surface area contributed by atoms with Crippen LogP contribution in [0.4, 0.5) is 13.2 Å². The minimum Gasteiger partial charge on any atom is -0.308 e. The molecule has 0 aliphatic carbocycles. The molecule has 1 heterocycles. The molecule has 3 nitrogen and oxygen atoms in total. The second kappa shape index (κ2) is 6.30. The fraction of sp³-hybridized carbons (Fsp3) is 0.400. The molecule has 0 bridgehead atoms. The molecule has 2 aromatic rings. The zero-order valence-corrected chi connectivity index (χ0v) is 12.0. The first-order valence-corrected chi connectivity index (χ1v) is 6.80. The number of rotatable bonds is 5. The summed E-state index contributed by atoms with van der Waals surface area (Å²) in [6.07, 6.45) is -2.57. The zero-order valence-electron chi connectivity index (χ0n) is 12.0. The van der Waals surface area contributed by atoms with Crippen LogP contribution in [0.15, 0.2) is 30.5 Å². The van der Waals surface area contributed by atoms with Gasteiger partial charge in [0.05, 0.1) is 11.8 Å². The Morgan fingerprint density at radius 3 is 2.43 bits per heavy atom. The molecule has 0 fully saturated rings. The quantitative estimate of drug-likeness (QED) is 0.915. The Bertz CT molecular complexity index is 602. The molecule has 0 amide bonds. The van der Waals surface area contributed by atoms with Gasteiger partial charge in [-0.25, -0.2) is 0 Å². The Balaban J connectivity index is 2.02. The topological polar surface area (TPSA) is 29.9 Å². The van der Waals surface area contributed by atoms with Crippen LogP contribution in [0.3, 0.4) is 0 Å². The van der Waals surface area contributed by atoms with Gasteiger partial charge in [-0.05, 0) is 25.5 Å². The minimum absolute atomic E-state index is 0.173. The van der Waals surface area contributed by atoms with E-state index < -0.39 is 11.7 Å². The Hall–Kier alpha value is -1.82. The molecule has 1 aromatic heterocycles. The highest BCUT2D eigenvalue weighted by Crippen LogP contribution is 2.31. The summed E-state index contributed by atoms with van der Waals surface area (Å²) in [5.74, 6) is 0. The molecule has 1 aromatic carbocycles. The van der Waals surface area contributed by atoms with E-state index in [1.54, 1.807) is 12.3 Å². The molecule has 0 unspecified atom stereocenters. The van der Waals surface area contributed by atoms with Gasteiger partial charge < -0.3 is 5.32 Å². The Morgan fingerprint density at radius 1 is 1.14 bits per heavy atom. The number of nitrogens with one attached hydrogen (secondary N) is 1. The van der Waals surface area contributed by atoms with Crippen molar-refractivity contribution < 1.29 is 13.2 Å². The van der Waals surface area contributed by atoms with Crippen LogP contribution in [0.2, 0.25) is 0 Å². The predicted molar refractivity (Wildman–Crippen MR) is 74.6 cm³/mol. The van der Waals surface area contributed by atoms with Gasteiger partial charge in [0.1, 0.15) is 0 Å². The molecule has 21 heavy (non-hydrogen) atoms. The summed E-state index contributed by atoms with van der Waals surface area (Å²) < 4.78 is 40.5. The summed E-state index contributed by atoms with van der Waals surface area (Å²) in [7, 11) is 0. The van der Waals surface area contributed by atoms with Crippen molar-refractivity contribution in [2.75, 3.05) is 0 Å². The van der Waals surface area contributed by atoms with Crippen molar-refractivity contribution in [1.82, 2.24) is 15.1 Å². The average molecular weight is 297 g/mol. The highest BCUT2D eigenvalue weighted by molar-refractivity contribution is 5.29. The lowest BCUT2D eigenvalue weighted by atomic mass is 10.1. The summed E-state index contributed by atoms with van der Waals surface area (Å²) in [6.45, 7) is 5.40. The van der Waals surface area contributed by atoms with Crippen LogP contribution in [0.25, 0.3) is 0 Å². The maximum Gasteiger partial charge on any atom is 0.416 e. The number of nitrogens with zero attached hydrogens (tertiary/aromatic N) is 2. The third-order valence-electron chi connectivity index (χ3n) is 3.46. The van der Waals surface area contributed by atoms with Crippen LogP contribution in [-0.2, 0) is 25.8 Å². The fourth-order valence-electron chi connectivity index (χ4n) is 2.26. The zero-order chi connectivity index (χ0) is 15.5. The van der Waals surface area contributed by atoms with Gasteiger partial charge in [0.2, 0.25) is 0 Å². The molecule has 2 rings (SSSR count). The Morgan fingerprint density at radius 2 is 1.81 bits per heavy atom. The molecule has 6 heteroatoms. The van der Waals surface area contributed by atoms with Gasteiger partial charge in [-0.15, -0.1) is 0 Å². The number of halogens is 3. The third-order valence-corrected chi connectivity index (χ3v) is 3.46. The average Bonchev–Trinajstić information content (AvgIpc) is 2.79. The standard InChI is InChI=1S/C15H18F3N3/c1-3-21-11(2)13(10-20-21)9-19-8-12-6-4-5-7-14(12)15(16,17)18/h4-7,10,19H,3,8-9H2,1-2H3. The van der Waals surface area contributed by atoms with E-state index in [2.05, 4.69) is 10.4 Å². The number of aromatic nitrogens is 2. The van der Waals surface area contributed by atoms with Gasteiger partial charge >= 0.3 is 6.18 Å². The SMILES string of the molecule is CCn1ncc(CNCc2ccccc2C(F)(F)F)c1C. The number of aryl methyl sites for hydroxylation is 1. The Kier molecular flexibility index (Phi) is 4.67. The summed E-state index contributed by atoms with van der Waals surface area (Å²) in [4.78, 5) is 0. The predicted octanol–water partition coefficient (Wildman–Crippen LogP) is 3.52. The lowest BCUT2D eigenvalue weighted by Gasteiger charge is -2.13. The Labute approximate surface area is 121 Å². The van der Waals surface area contributed by atoms with Crippen molar-refractivity contribution in [2.24, 2.45) is 0 Å². The molecule has 0 radical (unpaired) electrons. The van der Waals surface area contributed by atoms with Crippen molar-refractivity contribution in [3.05, 3.63) is 52.8 Å². The van der Waals surface area contributed by atoms with Crippen LogP contribution in [0.1, 0.15) is 29.3 Å². The molecule has 1 N–H and O–H groups in total. The number of benzene rings is 1. The van der Waals surface area contributed by atoms with E-state index in [1.165, 1.54) is 12.1 Å². The van der Waals surface area contributed by atoms with E-state index in [1.807, 2.05) is 18.5 Å². The minimum atomic E-state index is -4.32. The fourth-order valence-corrected chi connectivity index (χ4v) is 2.26. The van der Waals surface area contributed by atoms with Gasteiger partial charge in [0.15, 0.2) is 0 Å². The number of hydrogen-bond donors (Lipinski definition) is 1. The van der Waals surface area contributed by atoms with Crippen LogP contribution in [0, 0.1) is 6.92 Å². The van der Waals surface area contributed by atoms with Crippen LogP contribution in [-0.4, -0.2) is 9.78 Å². The van der Waals surface area contributed by atoms with E-state index in [-0.39, 0.29) is 12.1 Å². The molecule has 0 aliphatic rings. The lowest BCUT2D eigenvalue weighted by molar-refractivity contribution is -0.138. The van der Waals surface area contributed by atoms with Crippen LogP contribution >= 0.6 is 0 Å². The molecular weight excluding hydrogens is 279 g/mol. The highest BCUT2D eigenvalue weighted by Gasteiger charge is 2.32. The van der Waals surface area contributed by atoms with E-state index in [4.69, 9.17) is 0 Å². The largest absolute Gasteiger partial charge is 0.416 e. The second-order valence-electron chi connectivity index (χ2n) is 4.83.